The molecule has 0 aliphatic carbocycles. The highest BCUT2D eigenvalue weighted by molar-refractivity contribution is 5.61. The summed E-state index contributed by atoms with van der Waals surface area (Å²) < 4.78 is 8.45. The van der Waals surface area contributed by atoms with Crippen LogP contribution in [0.5, 0.6) is 0 Å². The molecule has 0 aromatic heterocycles. The van der Waals surface area contributed by atoms with E-state index < -0.39 is 6.16 Å². The van der Waals surface area contributed by atoms with Gasteiger partial charge in [0.1, 0.15) is 12.9 Å². The maximum Gasteiger partial charge on any atom is 0.513 e. The predicted octanol–water partition coefficient (Wildman–Crippen LogP) is 0.470. The highest BCUT2D eigenvalue weighted by Crippen LogP contribution is 1.91. The second-order valence-electron chi connectivity index (χ2n) is 0.979. The minimum Gasteiger partial charge on any atom is -0.429 e. The number of cyclic esters (lactones) is 2. The normalized spacial score (nSPS) is 18.0. The maximum atomic E-state index is 9.95. The molecule has 0 unspecified atom stereocenters. The van der Waals surface area contributed by atoms with Crippen LogP contribution in [-0.2, 0) is 9.47 Å². The van der Waals surface area contributed by atoms with Crippen molar-refractivity contribution in [2.24, 2.45) is 0 Å². The van der Waals surface area contributed by atoms with Crippen molar-refractivity contribution in [3.63, 3.8) is 0 Å². The zero-order valence-electron chi connectivity index (χ0n) is 3.51. The third-order valence-electron chi connectivity index (χ3n) is 0.512. The third kappa shape index (κ3) is 0.924. The summed E-state index contributed by atoms with van der Waals surface area (Å²) in [5.41, 5.74) is 0. The summed E-state index contributed by atoms with van der Waals surface area (Å²) in [6, 6.07) is 0. The molecule has 3 nitrogen and oxygen atoms in total. The van der Waals surface area contributed by atoms with Crippen LogP contribution in [0.4, 0.5) is 4.79 Å². The average molecular weight is 99.1 g/mol. The molecule has 3 heteroatoms. The predicted molar refractivity (Wildman–Crippen MR) is 20.2 cm³/mol. The van der Waals surface area contributed by atoms with Crippen LogP contribution in [0, 0.1) is 6.08 Å². The van der Waals surface area contributed by atoms with Crippen molar-refractivity contribution >= 4 is 6.16 Å². The summed E-state index contributed by atoms with van der Waals surface area (Å²) in [6.45, 7) is 0.207. The van der Waals surface area contributed by atoms with Crippen molar-refractivity contribution in [1.82, 2.24) is 0 Å². The van der Waals surface area contributed by atoms with Gasteiger partial charge in [0.2, 0.25) is 0 Å². The lowest BCUT2D eigenvalue weighted by molar-refractivity contribution is 0.0808. The van der Waals surface area contributed by atoms with Crippen molar-refractivity contribution in [2.75, 3.05) is 6.61 Å². The van der Waals surface area contributed by atoms with E-state index in [-0.39, 0.29) is 6.61 Å². The summed E-state index contributed by atoms with van der Waals surface area (Å²) in [5, 5.41) is 0. The Morgan fingerprint density at radius 2 is 2.71 bits per heavy atom. The molecule has 1 aliphatic heterocycles. The lowest BCUT2D eigenvalue weighted by atomic mass is 10.6. The maximum absolute atomic E-state index is 9.95. The Kier molecular flexibility index (Phi) is 0.978. The van der Waals surface area contributed by atoms with Crippen LogP contribution in [0.3, 0.4) is 0 Å². The molecule has 1 rings (SSSR count). The minimum atomic E-state index is -0.654. The second kappa shape index (κ2) is 1.64. The van der Waals surface area contributed by atoms with Gasteiger partial charge < -0.3 is 9.47 Å². The first kappa shape index (κ1) is 4.18. The first-order valence-electron chi connectivity index (χ1n) is 1.78. The number of ether oxygens (including phenoxy) is 2. The Morgan fingerprint density at radius 3 is 3.00 bits per heavy atom. The third-order valence-corrected chi connectivity index (χ3v) is 0.512. The lowest BCUT2D eigenvalue weighted by Crippen LogP contribution is -2.07. The molecule has 0 spiro atoms. The molecule has 1 radical (unpaired) electrons. The molecule has 0 aromatic rings. The number of carbonyl (C=O) groups is 1. The highest BCUT2D eigenvalue weighted by atomic mass is 16.7. The van der Waals surface area contributed by atoms with Crippen LogP contribution < -0.4 is 0 Å². The summed E-state index contributed by atoms with van der Waals surface area (Å²) in [7, 11) is 0. The van der Waals surface area contributed by atoms with Gasteiger partial charge in [0, 0.05) is 6.08 Å². The van der Waals surface area contributed by atoms with Crippen molar-refractivity contribution in [3.8, 4) is 0 Å². The monoisotopic (exact) mass is 99.0 g/mol. The van der Waals surface area contributed by atoms with E-state index >= 15 is 0 Å². The van der Waals surface area contributed by atoms with Gasteiger partial charge in [-0.05, 0) is 0 Å². The summed E-state index contributed by atoms with van der Waals surface area (Å²) in [4.78, 5) is 9.95. The van der Waals surface area contributed by atoms with Crippen molar-refractivity contribution < 1.29 is 14.3 Å². The molecule has 0 aromatic carbocycles. The number of hydrogen-bond donors (Lipinski definition) is 0. The molecular formula is C4H3O3. The topological polar surface area (TPSA) is 35.5 Å². The Balaban J connectivity index is 2.47. The quantitative estimate of drug-likeness (QED) is 0.414. The average Bonchev–Trinajstić information content (AvgIpc) is 1.69. The Bertz CT molecular complexity index is 106. The van der Waals surface area contributed by atoms with Gasteiger partial charge in [0.05, 0.1) is 0 Å². The SMILES string of the molecule is O=C1OC=[C]CO1. The molecule has 1 aliphatic rings. The van der Waals surface area contributed by atoms with E-state index in [4.69, 9.17) is 0 Å². The van der Waals surface area contributed by atoms with E-state index in [1.807, 2.05) is 0 Å². The summed E-state index contributed by atoms with van der Waals surface area (Å²) in [5.74, 6) is 0. The van der Waals surface area contributed by atoms with Gasteiger partial charge >= 0.3 is 6.16 Å². The minimum absolute atomic E-state index is 0.207. The van der Waals surface area contributed by atoms with Gasteiger partial charge in [-0.2, -0.15) is 0 Å². The molecule has 0 bridgehead atoms. The van der Waals surface area contributed by atoms with Crippen LogP contribution in [-0.4, -0.2) is 12.8 Å². The molecule has 7 heavy (non-hydrogen) atoms. The first-order chi connectivity index (χ1) is 3.39. The summed E-state index contributed by atoms with van der Waals surface area (Å²) in [6.07, 6.45) is 3.06. The van der Waals surface area contributed by atoms with Crippen LogP contribution in [0.1, 0.15) is 0 Å². The molecular weight excluding hydrogens is 96.0 g/mol. The molecule has 0 fully saturated rings. The standard InChI is InChI=1S/C4H3O3/c5-4-6-2-1-3-7-4/h2H,3H2. The van der Waals surface area contributed by atoms with Gasteiger partial charge in [-0.1, -0.05) is 0 Å². The van der Waals surface area contributed by atoms with Gasteiger partial charge in [0.15, 0.2) is 0 Å². The highest BCUT2D eigenvalue weighted by Gasteiger charge is 2.02. The van der Waals surface area contributed by atoms with Crippen molar-refractivity contribution in [1.29, 1.82) is 0 Å². The van der Waals surface area contributed by atoms with Crippen molar-refractivity contribution in [2.45, 2.75) is 0 Å². The van der Waals surface area contributed by atoms with E-state index in [0.717, 1.165) is 0 Å². The smallest absolute Gasteiger partial charge is 0.429 e. The molecule has 0 saturated heterocycles. The van der Waals surface area contributed by atoms with Gasteiger partial charge in [-0.3, -0.25) is 0 Å². The largest absolute Gasteiger partial charge is 0.513 e. The molecule has 0 N–H and O–H groups in total. The van der Waals surface area contributed by atoms with Crippen molar-refractivity contribution in [3.05, 3.63) is 12.3 Å². The second-order valence-corrected chi connectivity index (χ2v) is 0.979. The molecule has 0 atom stereocenters. The summed E-state index contributed by atoms with van der Waals surface area (Å²) >= 11 is 0. The van der Waals surface area contributed by atoms with E-state index in [1.165, 1.54) is 6.26 Å². The van der Waals surface area contributed by atoms with E-state index in [1.54, 1.807) is 0 Å². The van der Waals surface area contributed by atoms with Crippen LogP contribution in [0.25, 0.3) is 0 Å². The fourth-order valence-corrected chi connectivity index (χ4v) is 0.258. The first-order valence-corrected chi connectivity index (χ1v) is 1.78. The Hall–Kier alpha value is -0.990. The Morgan fingerprint density at radius 1 is 1.86 bits per heavy atom. The molecule has 1 heterocycles. The number of carbonyl (C=O) groups excluding carboxylic acids is 1. The number of rotatable bonds is 0. The van der Waals surface area contributed by atoms with Gasteiger partial charge in [-0.25, -0.2) is 4.79 Å². The van der Waals surface area contributed by atoms with Crippen LogP contribution >= 0.6 is 0 Å². The fraction of sp³-hybridized carbons (Fsp3) is 0.250. The van der Waals surface area contributed by atoms with Gasteiger partial charge in [-0.15, -0.1) is 0 Å². The molecule has 0 saturated carbocycles. The molecule has 0 amide bonds. The zero-order valence-corrected chi connectivity index (χ0v) is 3.51. The Labute approximate surface area is 40.5 Å². The van der Waals surface area contributed by atoms with Crippen LogP contribution in [0.15, 0.2) is 6.26 Å². The van der Waals surface area contributed by atoms with E-state index in [2.05, 4.69) is 15.5 Å². The number of hydrogen-bond acceptors (Lipinski definition) is 3. The lowest BCUT2D eigenvalue weighted by Gasteiger charge is -2.01. The van der Waals surface area contributed by atoms with Crippen LogP contribution in [0.2, 0.25) is 0 Å². The van der Waals surface area contributed by atoms with Gasteiger partial charge in [0.25, 0.3) is 0 Å². The molecule has 37 valence electrons. The van der Waals surface area contributed by atoms with E-state index in [9.17, 15) is 4.79 Å². The zero-order chi connectivity index (χ0) is 5.11. The fourth-order valence-electron chi connectivity index (χ4n) is 0.258. The van der Waals surface area contributed by atoms with E-state index in [0.29, 0.717) is 0 Å².